The van der Waals surface area contributed by atoms with E-state index in [1.165, 1.54) is 18.3 Å². The van der Waals surface area contributed by atoms with Gasteiger partial charge in [-0.2, -0.15) is 13.2 Å². The lowest BCUT2D eigenvalue weighted by Crippen LogP contribution is -2.28. The number of hydrogen-bond donors (Lipinski definition) is 2. The third-order valence-electron chi connectivity index (χ3n) is 6.82. The fourth-order valence-electron chi connectivity index (χ4n) is 4.70. The van der Waals surface area contributed by atoms with Crippen LogP contribution in [0.5, 0.6) is 0 Å². The van der Waals surface area contributed by atoms with Gasteiger partial charge in [0, 0.05) is 36.3 Å². The first kappa shape index (κ1) is 27.0. The fraction of sp³-hybridized carbons (Fsp3) is 0.233. The second kappa shape index (κ2) is 10.9. The predicted octanol–water partition coefficient (Wildman–Crippen LogP) is 5.91. The van der Waals surface area contributed by atoms with E-state index in [4.69, 9.17) is 10.2 Å². The number of furan rings is 1. The SMILES string of the molecule is CC1CCN(C(=O)c2ccc(-c3cc(C(F)(F)F)c4oc(CNC(=O)/C=C/c5ccc(N)nc5)cc4c3)cc2)C1. The van der Waals surface area contributed by atoms with Gasteiger partial charge in [0.1, 0.15) is 17.2 Å². The maximum absolute atomic E-state index is 14.0. The Kier molecular flexibility index (Phi) is 7.34. The molecule has 1 fully saturated rings. The molecule has 0 spiro atoms. The number of nitrogens with zero attached hydrogens (tertiary/aromatic N) is 2. The molecular weight excluding hydrogens is 521 g/mol. The molecule has 0 aliphatic carbocycles. The van der Waals surface area contributed by atoms with Gasteiger partial charge in [-0.25, -0.2) is 4.98 Å². The summed E-state index contributed by atoms with van der Waals surface area (Å²) in [6, 6.07) is 14.0. The quantitative estimate of drug-likeness (QED) is 0.292. The van der Waals surface area contributed by atoms with Crippen LogP contribution in [0.4, 0.5) is 19.0 Å². The van der Waals surface area contributed by atoms with E-state index in [1.807, 2.05) is 0 Å². The molecule has 2 amide bonds. The summed E-state index contributed by atoms with van der Waals surface area (Å²) in [4.78, 5) is 30.7. The van der Waals surface area contributed by atoms with Gasteiger partial charge in [0.05, 0.1) is 12.1 Å². The van der Waals surface area contributed by atoms with Crippen molar-refractivity contribution in [3.05, 3.63) is 89.3 Å². The van der Waals surface area contributed by atoms with E-state index in [0.29, 0.717) is 47.1 Å². The Morgan fingerprint density at radius 3 is 2.55 bits per heavy atom. The van der Waals surface area contributed by atoms with Crippen molar-refractivity contribution in [3.63, 3.8) is 0 Å². The number of hydrogen-bond acceptors (Lipinski definition) is 5. The van der Waals surface area contributed by atoms with Crippen LogP contribution in [0.1, 0.15) is 40.6 Å². The van der Waals surface area contributed by atoms with E-state index < -0.39 is 17.6 Å². The first-order valence-corrected chi connectivity index (χ1v) is 12.8. The van der Waals surface area contributed by atoms with Crippen molar-refractivity contribution in [2.24, 2.45) is 5.92 Å². The van der Waals surface area contributed by atoms with Gasteiger partial charge in [-0.1, -0.05) is 19.1 Å². The van der Waals surface area contributed by atoms with Gasteiger partial charge in [-0.3, -0.25) is 9.59 Å². The highest BCUT2D eigenvalue weighted by Gasteiger charge is 2.35. The van der Waals surface area contributed by atoms with Crippen LogP contribution in [0, 0.1) is 5.92 Å². The van der Waals surface area contributed by atoms with Gasteiger partial charge in [-0.05, 0) is 77.6 Å². The number of rotatable bonds is 6. The van der Waals surface area contributed by atoms with Gasteiger partial charge >= 0.3 is 6.18 Å². The minimum absolute atomic E-state index is 0.0798. The zero-order valence-corrected chi connectivity index (χ0v) is 21.7. The maximum Gasteiger partial charge on any atom is 0.420 e. The number of fused-ring (bicyclic) bond motifs is 1. The summed E-state index contributed by atoms with van der Waals surface area (Å²) in [5.74, 6) is 0.449. The van der Waals surface area contributed by atoms with Crippen LogP contribution < -0.4 is 11.1 Å². The number of nitrogens with one attached hydrogen (secondary N) is 1. The summed E-state index contributed by atoms with van der Waals surface area (Å²) in [6.07, 6.45) is 0.629. The molecule has 40 heavy (non-hydrogen) atoms. The average Bonchev–Trinajstić information content (AvgIpc) is 3.56. The average molecular weight is 549 g/mol. The molecule has 3 heterocycles. The van der Waals surface area contributed by atoms with E-state index in [0.717, 1.165) is 12.5 Å². The number of likely N-dealkylation sites (tertiary alicyclic amines) is 1. The van der Waals surface area contributed by atoms with Gasteiger partial charge in [0.25, 0.3) is 5.91 Å². The monoisotopic (exact) mass is 548 g/mol. The number of amides is 2. The number of carbonyl (C=O) groups excluding carboxylic acids is 2. The van der Waals surface area contributed by atoms with E-state index in [-0.39, 0.29) is 29.2 Å². The Morgan fingerprint density at radius 2 is 1.90 bits per heavy atom. The predicted molar refractivity (Wildman–Crippen MR) is 146 cm³/mol. The summed E-state index contributed by atoms with van der Waals surface area (Å²) >= 11 is 0. The summed E-state index contributed by atoms with van der Waals surface area (Å²) in [5, 5.41) is 2.86. The standard InChI is InChI=1S/C30H27F3N4O3/c1-18-10-11-37(17-18)29(39)21-6-4-20(5-7-21)22-12-23-13-24(40-28(23)25(14-22)30(31,32)33)16-36-27(38)9-3-19-2-8-26(34)35-15-19/h2-9,12-15,18H,10-11,16-17H2,1H3,(H2,34,35)(H,36,38)/b9-3+. The molecule has 7 nitrogen and oxygen atoms in total. The fourth-order valence-corrected chi connectivity index (χ4v) is 4.70. The molecule has 2 aromatic heterocycles. The van der Waals surface area contributed by atoms with Crippen LogP contribution in [0.25, 0.3) is 28.2 Å². The summed E-state index contributed by atoms with van der Waals surface area (Å²) in [7, 11) is 0. The molecule has 206 valence electrons. The zero-order valence-electron chi connectivity index (χ0n) is 21.7. The minimum Gasteiger partial charge on any atom is -0.459 e. The van der Waals surface area contributed by atoms with Crippen LogP contribution >= 0.6 is 0 Å². The lowest BCUT2D eigenvalue weighted by Gasteiger charge is -2.16. The lowest BCUT2D eigenvalue weighted by molar-refractivity contribution is -0.136. The van der Waals surface area contributed by atoms with E-state index >= 15 is 0 Å². The van der Waals surface area contributed by atoms with E-state index in [2.05, 4.69) is 17.2 Å². The number of nitrogens with two attached hydrogens (primary N) is 1. The van der Waals surface area contributed by atoms with E-state index in [1.54, 1.807) is 53.4 Å². The summed E-state index contributed by atoms with van der Waals surface area (Å²) < 4.78 is 47.5. The number of nitrogen functional groups attached to an aromatic ring is 1. The highest BCUT2D eigenvalue weighted by atomic mass is 19.4. The molecule has 0 radical (unpaired) electrons. The number of benzene rings is 2. The lowest BCUT2D eigenvalue weighted by atomic mass is 9.99. The highest BCUT2D eigenvalue weighted by Crippen LogP contribution is 2.39. The van der Waals surface area contributed by atoms with Crippen molar-refractivity contribution in [2.45, 2.75) is 26.1 Å². The molecule has 4 aromatic rings. The number of anilines is 1. The minimum atomic E-state index is -4.66. The van der Waals surface area contributed by atoms with Gasteiger partial charge < -0.3 is 20.4 Å². The number of pyridine rings is 1. The molecule has 0 bridgehead atoms. The van der Waals surface area contributed by atoms with Crippen molar-refractivity contribution in [1.82, 2.24) is 15.2 Å². The topological polar surface area (TPSA) is 101 Å². The number of halogens is 3. The molecule has 0 saturated carbocycles. The van der Waals surface area contributed by atoms with Crippen molar-refractivity contribution >= 4 is 34.7 Å². The molecule has 1 saturated heterocycles. The molecular formula is C30H27F3N4O3. The molecule has 5 rings (SSSR count). The second-order valence-electron chi connectivity index (χ2n) is 9.94. The molecule has 1 unspecified atom stereocenters. The van der Waals surface area contributed by atoms with Crippen LogP contribution in [-0.2, 0) is 17.5 Å². The van der Waals surface area contributed by atoms with Gasteiger partial charge in [0.15, 0.2) is 0 Å². The molecule has 2 aromatic carbocycles. The highest BCUT2D eigenvalue weighted by molar-refractivity contribution is 5.95. The number of alkyl halides is 3. The Labute approximate surface area is 228 Å². The first-order chi connectivity index (χ1) is 19.1. The molecule has 10 heteroatoms. The smallest absolute Gasteiger partial charge is 0.420 e. The van der Waals surface area contributed by atoms with Crippen LogP contribution in [-0.4, -0.2) is 34.8 Å². The number of aromatic nitrogens is 1. The van der Waals surface area contributed by atoms with Crippen LogP contribution in [0.3, 0.4) is 0 Å². The molecule has 1 atom stereocenters. The van der Waals surface area contributed by atoms with Crippen molar-refractivity contribution in [2.75, 3.05) is 18.8 Å². The van der Waals surface area contributed by atoms with Crippen molar-refractivity contribution in [1.29, 1.82) is 0 Å². The largest absolute Gasteiger partial charge is 0.459 e. The van der Waals surface area contributed by atoms with E-state index in [9.17, 15) is 22.8 Å². The molecule has 1 aliphatic rings. The third kappa shape index (κ3) is 6.01. The second-order valence-corrected chi connectivity index (χ2v) is 9.94. The Morgan fingerprint density at radius 1 is 1.12 bits per heavy atom. The van der Waals surface area contributed by atoms with Gasteiger partial charge in [-0.15, -0.1) is 0 Å². The molecule has 1 aliphatic heterocycles. The summed E-state index contributed by atoms with van der Waals surface area (Å²) in [6.45, 7) is 3.40. The molecule has 3 N–H and O–H groups in total. The maximum atomic E-state index is 14.0. The van der Waals surface area contributed by atoms with Gasteiger partial charge in [0.2, 0.25) is 5.91 Å². The first-order valence-electron chi connectivity index (χ1n) is 12.8. The van der Waals surface area contributed by atoms with Crippen molar-refractivity contribution < 1.29 is 27.2 Å². The van der Waals surface area contributed by atoms with Crippen molar-refractivity contribution in [3.8, 4) is 11.1 Å². The van der Waals surface area contributed by atoms with Crippen LogP contribution in [0.2, 0.25) is 0 Å². The Hall–Kier alpha value is -4.60. The zero-order chi connectivity index (χ0) is 28.4. The van der Waals surface area contributed by atoms with Crippen LogP contribution in [0.15, 0.2) is 71.3 Å². The normalized spacial score (nSPS) is 15.7. The third-order valence-corrected chi connectivity index (χ3v) is 6.82. The Balaban J connectivity index is 1.35. The summed E-state index contributed by atoms with van der Waals surface area (Å²) in [5.41, 5.74) is 6.36. The number of carbonyl (C=O) groups is 2. The Bertz CT molecular complexity index is 1580.